The Labute approximate surface area is 116 Å². The molecule has 3 N–H and O–H groups in total. The van der Waals surface area contributed by atoms with E-state index in [0.29, 0.717) is 11.4 Å². The number of hydrogen-bond donors (Lipinski definition) is 3. The molecule has 0 spiro atoms. The molecular weight excluding hydrogens is 256 g/mol. The number of benzene rings is 2. The lowest BCUT2D eigenvalue weighted by Gasteiger charge is -2.09. The molecule has 2 rings (SSSR count). The first-order valence-electron chi connectivity index (χ1n) is 5.99. The molecule has 0 aliphatic heterocycles. The number of rotatable bonds is 4. The second-order valence-corrected chi connectivity index (χ2v) is 4.11. The molecule has 20 heavy (non-hydrogen) atoms. The fourth-order valence-electron chi connectivity index (χ4n) is 1.65. The lowest BCUT2D eigenvalue weighted by molar-refractivity contribution is 0.262. The zero-order valence-electron chi connectivity index (χ0n) is 10.6. The molecule has 0 aliphatic rings. The Morgan fingerprint density at radius 2 is 1.75 bits per heavy atom. The van der Waals surface area contributed by atoms with Crippen molar-refractivity contribution >= 4 is 23.7 Å². The average molecular weight is 269 g/mol. The summed E-state index contributed by atoms with van der Waals surface area (Å²) in [5.74, 6) is -0.000446. The van der Waals surface area contributed by atoms with E-state index in [1.807, 2.05) is 0 Å². The Kier molecular flexibility index (Phi) is 4.34. The number of aromatic hydroxyl groups is 1. The van der Waals surface area contributed by atoms with E-state index in [9.17, 15) is 14.7 Å². The molecule has 0 bridgehead atoms. The Morgan fingerprint density at radius 3 is 2.40 bits per heavy atom. The first-order chi connectivity index (χ1) is 9.69. The van der Waals surface area contributed by atoms with E-state index in [0.717, 1.165) is 5.56 Å². The highest BCUT2D eigenvalue weighted by atomic mass is 16.3. The third kappa shape index (κ3) is 3.58. The van der Waals surface area contributed by atoms with E-state index in [2.05, 4.69) is 10.6 Å². The zero-order valence-corrected chi connectivity index (χ0v) is 10.6. The molecule has 0 saturated heterocycles. The molecule has 0 fully saturated rings. The molecule has 0 aliphatic carbocycles. The van der Waals surface area contributed by atoms with Crippen molar-refractivity contribution < 1.29 is 14.7 Å². The molecule has 101 valence electrons. The van der Waals surface area contributed by atoms with Crippen LogP contribution >= 0.6 is 0 Å². The van der Waals surface area contributed by atoms with Crippen molar-refractivity contribution in [3.8, 4) is 5.75 Å². The molecule has 5 heteroatoms. The summed E-state index contributed by atoms with van der Waals surface area (Å²) >= 11 is 0. The van der Waals surface area contributed by atoms with Crippen molar-refractivity contribution in [2.24, 2.45) is 0 Å². The van der Waals surface area contributed by atoms with Crippen molar-refractivity contribution in [2.75, 3.05) is 10.6 Å². The van der Waals surface area contributed by atoms with Gasteiger partial charge in [-0.3, -0.25) is 4.79 Å². The molecule has 2 aromatic carbocycles. The number of urea groups is 1. The van der Waals surface area contributed by atoms with E-state index >= 15 is 0 Å². The monoisotopic (exact) mass is 269 g/mol. The molecule has 5 nitrogen and oxygen atoms in total. The highest BCUT2D eigenvalue weighted by molar-refractivity contribution is 6.00. The van der Waals surface area contributed by atoms with Gasteiger partial charge >= 0.3 is 6.03 Å². The zero-order chi connectivity index (χ0) is 14.4. The van der Waals surface area contributed by atoms with Gasteiger partial charge in [-0.25, -0.2) is 4.79 Å². The van der Waals surface area contributed by atoms with Crippen molar-refractivity contribution in [2.45, 2.75) is 6.42 Å². The van der Waals surface area contributed by atoms with E-state index < -0.39 is 6.03 Å². The lowest BCUT2D eigenvalue weighted by atomic mass is 10.1. The second kappa shape index (κ2) is 6.38. The quantitative estimate of drug-likeness (QED) is 0.747. The maximum atomic E-state index is 11.7. The first-order valence-corrected chi connectivity index (χ1v) is 5.99. The average Bonchev–Trinajstić information content (AvgIpc) is 2.44. The normalized spacial score (nSPS) is 9.80. The van der Waals surface area contributed by atoms with Gasteiger partial charge < -0.3 is 15.7 Å². The summed E-state index contributed by atoms with van der Waals surface area (Å²) in [4.78, 5) is 22.0. The minimum atomic E-state index is -0.457. The van der Waals surface area contributed by atoms with Gasteiger partial charge in [0.2, 0.25) is 6.29 Å². The van der Waals surface area contributed by atoms with Gasteiger partial charge in [0.15, 0.2) is 0 Å². The molecule has 0 atom stereocenters. The molecular formula is C15H13N2O3. The SMILES string of the molecule is O=[C]Cc1ccc(NC(=O)Nc2ccccc2O)cc1. The van der Waals surface area contributed by atoms with E-state index in [1.54, 1.807) is 48.8 Å². The number of carbonyl (C=O) groups is 1. The third-order valence-electron chi connectivity index (χ3n) is 2.64. The van der Waals surface area contributed by atoms with Crippen molar-refractivity contribution in [3.63, 3.8) is 0 Å². The van der Waals surface area contributed by atoms with Crippen molar-refractivity contribution in [3.05, 3.63) is 54.1 Å². The maximum Gasteiger partial charge on any atom is 0.323 e. The minimum absolute atomic E-state index is 0.000446. The number of nitrogens with one attached hydrogen (secondary N) is 2. The molecule has 2 amide bonds. The van der Waals surface area contributed by atoms with Gasteiger partial charge in [-0.2, -0.15) is 0 Å². The third-order valence-corrected chi connectivity index (χ3v) is 2.64. The second-order valence-electron chi connectivity index (χ2n) is 4.11. The van der Waals surface area contributed by atoms with Crippen LogP contribution in [0.1, 0.15) is 5.56 Å². The van der Waals surface area contributed by atoms with E-state index in [-0.39, 0.29) is 12.2 Å². The molecule has 0 heterocycles. The molecule has 0 aromatic heterocycles. The summed E-state index contributed by atoms with van der Waals surface area (Å²) in [7, 11) is 0. The highest BCUT2D eigenvalue weighted by Crippen LogP contribution is 2.21. The summed E-state index contributed by atoms with van der Waals surface area (Å²) < 4.78 is 0. The fourth-order valence-corrected chi connectivity index (χ4v) is 1.65. The van der Waals surface area contributed by atoms with Gasteiger partial charge in [-0.15, -0.1) is 0 Å². The predicted octanol–water partition coefficient (Wildman–Crippen LogP) is 2.69. The number of phenols is 1. The van der Waals surface area contributed by atoms with Gasteiger partial charge in [0.05, 0.1) is 5.69 Å². The van der Waals surface area contributed by atoms with Gasteiger partial charge in [-0.1, -0.05) is 24.3 Å². The Bertz CT molecular complexity index is 609. The largest absolute Gasteiger partial charge is 0.506 e. The van der Waals surface area contributed by atoms with Crippen LogP contribution in [-0.4, -0.2) is 17.4 Å². The summed E-state index contributed by atoms with van der Waals surface area (Å²) in [6.45, 7) is 0. The summed E-state index contributed by atoms with van der Waals surface area (Å²) in [6, 6.07) is 12.9. The highest BCUT2D eigenvalue weighted by Gasteiger charge is 2.05. The fraction of sp³-hybridized carbons (Fsp3) is 0.0667. The van der Waals surface area contributed by atoms with Crippen LogP contribution in [0.5, 0.6) is 5.75 Å². The number of phenolic OH excluding ortho intramolecular Hbond substituents is 1. The van der Waals surface area contributed by atoms with Crippen LogP contribution in [0.3, 0.4) is 0 Å². The number of para-hydroxylation sites is 2. The summed E-state index contributed by atoms with van der Waals surface area (Å²) in [6.07, 6.45) is 2.03. The minimum Gasteiger partial charge on any atom is -0.506 e. The smallest absolute Gasteiger partial charge is 0.323 e. The van der Waals surface area contributed by atoms with Crippen LogP contribution in [0.25, 0.3) is 0 Å². The van der Waals surface area contributed by atoms with Crippen LogP contribution in [-0.2, 0) is 11.2 Å². The number of anilines is 2. The van der Waals surface area contributed by atoms with Crippen LogP contribution < -0.4 is 10.6 Å². The Morgan fingerprint density at radius 1 is 1.05 bits per heavy atom. The van der Waals surface area contributed by atoms with Gasteiger partial charge in [0, 0.05) is 12.1 Å². The van der Waals surface area contributed by atoms with Crippen molar-refractivity contribution in [1.29, 1.82) is 0 Å². The number of hydrogen-bond acceptors (Lipinski definition) is 3. The Hall–Kier alpha value is -2.82. The van der Waals surface area contributed by atoms with E-state index in [4.69, 9.17) is 0 Å². The van der Waals surface area contributed by atoms with Gasteiger partial charge in [0.25, 0.3) is 0 Å². The molecule has 2 aromatic rings. The molecule has 0 saturated carbocycles. The lowest BCUT2D eigenvalue weighted by Crippen LogP contribution is -2.19. The van der Waals surface area contributed by atoms with Crippen molar-refractivity contribution in [1.82, 2.24) is 0 Å². The van der Waals surface area contributed by atoms with Gasteiger partial charge in [-0.05, 0) is 29.8 Å². The van der Waals surface area contributed by atoms with Gasteiger partial charge in [0.1, 0.15) is 5.75 Å². The molecule has 0 unspecified atom stereocenters. The van der Waals surface area contributed by atoms with Crippen LogP contribution in [0.2, 0.25) is 0 Å². The number of amides is 2. The predicted molar refractivity (Wildman–Crippen MR) is 76.6 cm³/mol. The van der Waals surface area contributed by atoms with Crippen LogP contribution in [0, 0.1) is 0 Å². The topological polar surface area (TPSA) is 78.4 Å². The van der Waals surface area contributed by atoms with E-state index in [1.165, 1.54) is 6.07 Å². The van der Waals surface area contributed by atoms with Crippen LogP contribution in [0.15, 0.2) is 48.5 Å². The standard InChI is InChI=1S/C15H13N2O3/c18-10-9-11-5-7-12(8-6-11)16-15(20)17-13-3-1-2-4-14(13)19/h1-8,19H,9H2,(H2,16,17,20). The first kappa shape index (κ1) is 13.6. The summed E-state index contributed by atoms with van der Waals surface area (Å²) in [5.41, 5.74) is 1.75. The molecule has 1 radical (unpaired) electrons. The summed E-state index contributed by atoms with van der Waals surface area (Å²) in [5, 5.41) is 14.7. The van der Waals surface area contributed by atoms with Crippen LogP contribution in [0.4, 0.5) is 16.2 Å². The number of carbonyl (C=O) groups excluding carboxylic acids is 2. The maximum absolute atomic E-state index is 11.7. The Balaban J connectivity index is 1.97.